The van der Waals surface area contributed by atoms with Crippen LogP contribution >= 0.6 is 7.26 Å². The molecule has 0 aromatic heterocycles. The third-order valence-electron chi connectivity index (χ3n) is 7.99. The van der Waals surface area contributed by atoms with E-state index in [1.54, 1.807) is 50.3 Å². The normalized spacial score (nSPS) is 12.5. The Bertz CT molecular complexity index is 297. The van der Waals surface area contributed by atoms with Gasteiger partial charge in [-0.25, -0.2) is 0 Å². The summed E-state index contributed by atoms with van der Waals surface area (Å²) in [5, 5.41) is 0. The van der Waals surface area contributed by atoms with Gasteiger partial charge in [0, 0.05) is 0 Å². The van der Waals surface area contributed by atoms with Crippen LogP contribution < -0.4 is 0 Å². The van der Waals surface area contributed by atoms with Crippen molar-refractivity contribution < 1.29 is 0 Å². The zero-order valence-electron chi connectivity index (χ0n) is 23.6. The van der Waals surface area contributed by atoms with E-state index in [1.807, 2.05) is 0 Å². The molecule has 0 spiro atoms. The van der Waals surface area contributed by atoms with Crippen LogP contribution in [-0.2, 0) is 0 Å². The molecule has 0 aliphatic carbocycles. The summed E-state index contributed by atoms with van der Waals surface area (Å²) in [5.74, 6) is 0. The second kappa shape index (κ2) is 26.0. The number of rotatable bonds is 27. The quantitative estimate of drug-likeness (QED) is 0.0826. The Morgan fingerprint density at radius 1 is 0.250 bits per heavy atom. The summed E-state index contributed by atoms with van der Waals surface area (Å²) in [7, 11) is -1.06. The van der Waals surface area contributed by atoms with Crippen molar-refractivity contribution in [1.82, 2.24) is 0 Å². The molecule has 0 rings (SSSR count). The molecular formula is C31H67P. The van der Waals surface area contributed by atoms with Gasteiger partial charge < -0.3 is 0 Å². The Morgan fingerprint density at radius 3 is 0.656 bits per heavy atom. The van der Waals surface area contributed by atoms with Crippen molar-refractivity contribution in [2.45, 2.75) is 175 Å². The van der Waals surface area contributed by atoms with Crippen LogP contribution in [0.3, 0.4) is 0 Å². The monoisotopic (exact) mass is 470 g/mol. The Kier molecular flexibility index (Phi) is 26.4. The summed E-state index contributed by atoms with van der Waals surface area (Å²) in [4.78, 5) is 0. The Morgan fingerprint density at radius 2 is 0.438 bits per heavy atom. The van der Waals surface area contributed by atoms with Gasteiger partial charge in [0.15, 0.2) is 0 Å². The predicted octanol–water partition coefficient (Wildman–Crippen LogP) is 11.8. The van der Waals surface area contributed by atoms with Crippen molar-refractivity contribution in [2.24, 2.45) is 0 Å². The minimum atomic E-state index is -1.06. The molecule has 32 heavy (non-hydrogen) atoms. The summed E-state index contributed by atoms with van der Waals surface area (Å²) < 4.78 is 0. The van der Waals surface area contributed by atoms with Gasteiger partial charge in [-0.05, 0) is 0 Å². The Labute approximate surface area is 207 Å². The van der Waals surface area contributed by atoms with E-state index in [1.165, 1.54) is 122 Å². The average molecular weight is 471 g/mol. The molecule has 1 heteroatoms. The van der Waals surface area contributed by atoms with E-state index in [-0.39, 0.29) is 0 Å². The number of unbranched alkanes of at least 4 members (excludes halogenated alkanes) is 19. The van der Waals surface area contributed by atoms with Crippen LogP contribution in [0.25, 0.3) is 0 Å². The zero-order valence-corrected chi connectivity index (χ0v) is 24.6. The van der Waals surface area contributed by atoms with Crippen LogP contribution in [0.1, 0.15) is 175 Å². The van der Waals surface area contributed by atoms with Crippen molar-refractivity contribution in [3.63, 3.8) is 0 Å². The Balaban J connectivity index is 4.72. The van der Waals surface area contributed by atoms with E-state index in [0.717, 1.165) is 0 Å². The van der Waals surface area contributed by atoms with Crippen LogP contribution in [0.5, 0.6) is 0 Å². The van der Waals surface area contributed by atoms with Crippen LogP contribution in [0.2, 0.25) is 0 Å². The third-order valence-corrected chi connectivity index (χ3v) is 13.6. The molecule has 0 aliphatic heterocycles. The van der Waals surface area contributed by atoms with Gasteiger partial charge in [0.1, 0.15) is 0 Å². The van der Waals surface area contributed by atoms with Gasteiger partial charge in [-0.3, -0.25) is 0 Å². The van der Waals surface area contributed by atoms with Gasteiger partial charge in [0.25, 0.3) is 0 Å². The molecule has 0 heterocycles. The standard InChI is InChI=1S/C31H67P/c1-5-9-13-17-21-25-29-32(28-24-20-16-12-8-4,30-26-22-18-14-10-6-2)31-27-23-19-15-11-7-3/h32H,5-31H2,1-4H3. The van der Waals surface area contributed by atoms with Crippen LogP contribution in [0.4, 0.5) is 0 Å². The fourth-order valence-corrected chi connectivity index (χ4v) is 11.2. The van der Waals surface area contributed by atoms with Gasteiger partial charge in [0.05, 0.1) is 0 Å². The molecule has 0 radical (unpaired) electrons. The van der Waals surface area contributed by atoms with Gasteiger partial charge in [0.2, 0.25) is 0 Å². The van der Waals surface area contributed by atoms with Crippen molar-refractivity contribution in [2.75, 3.05) is 24.6 Å². The molecule has 0 amide bonds. The molecular weight excluding hydrogens is 403 g/mol. The van der Waals surface area contributed by atoms with Crippen LogP contribution in [0.15, 0.2) is 0 Å². The maximum atomic E-state index is 2.36. The molecule has 0 aromatic carbocycles. The summed E-state index contributed by atoms with van der Waals surface area (Å²) in [6.07, 6.45) is 40.9. The van der Waals surface area contributed by atoms with E-state index in [2.05, 4.69) is 27.7 Å². The van der Waals surface area contributed by atoms with Crippen LogP contribution in [-0.4, -0.2) is 24.6 Å². The third kappa shape index (κ3) is 21.0. The van der Waals surface area contributed by atoms with Crippen molar-refractivity contribution in [3.05, 3.63) is 0 Å². The molecule has 0 fully saturated rings. The second-order valence-electron chi connectivity index (χ2n) is 11.2. The maximum absolute atomic E-state index is 2.36. The average Bonchev–Trinajstić information content (AvgIpc) is 2.80. The van der Waals surface area contributed by atoms with Crippen molar-refractivity contribution in [3.8, 4) is 0 Å². The molecule has 0 nitrogen and oxygen atoms in total. The van der Waals surface area contributed by atoms with Gasteiger partial charge in [-0.15, -0.1) is 0 Å². The van der Waals surface area contributed by atoms with Gasteiger partial charge in [-0.1, -0.05) is 0 Å². The fourth-order valence-electron chi connectivity index (χ4n) is 5.69. The number of hydrogen-bond acceptors (Lipinski definition) is 0. The first-order valence-corrected chi connectivity index (χ1v) is 18.6. The van der Waals surface area contributed by atoms with E-state index < -0.39 is 7.26 Å². The van der Waals surface area contributed by atoms with E-state index >= 15 is 0 Å². The summed E-state index contributed by atoms with van der Waals surface area (Å²) >= 11 is 0. The van der Waals surface area contributed by atoms with Gasteiger partial charge in [-0.2, -0.15) is 0 Å². The molecule has 0 atom stereocenters. The molecule has 0 bridgehead atoms. The van der Waals surface area contributed by atoms with E-state index in [4.69, 9.17) is 0 Å². The van der Waals surface area contributed by atoms with Gasteiger partial charge >= 0.3 is 207 Å². The van der Waals surface area contributed by atoms with Crippen molar-refractivity contribution >= 4 is 7.26 Å². The minimum absolute atomic E-state index is 1.06. The predicted molar refractivity (Wildman–Crippen MR) is 157 cm³/mol. The first-order chi connectivity index (χ1) is 15.7. The topological polar surface area (TPSA) is 0 Å². The SMILES string of the molecule is CCCCCCCC[PH](CCCCCCC)(CCCCCCCC)CCCCCCCC. The van der Waals surface area contributed by atoms with E-state index in [9.17, 15) is 0 Å². The van der Waals surface area contributed by atoms with Crippen LogP contribution in [0, 0.1) is 0 Å². The molecule has 0 N–H and O–H groups in total. The molecule has 0 aromatic rings. The summed E-state index contributed by atoms with van der Waals surface area (Å²) in [5.41, 5.74) is 0. The first-order valence-electron chi connectivity index (χ1n) is 15.7. The zero-order chi connectivity index (χ0) is 23.6. The van der Waals surface area contributed by atoms with Crippen molar-refractivity contribution in [1.29, 1.82) is 0 Å². The first kappa shape index (κ1) is 32.4. The fraction of sp³-hybridized carbons (Fsp3) is 1.00. The number of hydrogen-bond donors (Lipinski definition) is 0. The molecule has 0 saturated heterocycles. The van der Waals surface area contributed by atoms with E-state index in [0.29, 0.717) is 0 Å². The molecule has 0 aliphatic rings. The molecule has 196 valence electrons. The second-order valence-corrected chi connectivity index (χ2v) is 16.2. The summed E-state index contributed by atoms with van der Waals surface area (Å²) in [6, 6.07) is 0. The Hall–Kier alpha value is 0.430. The molecule has 0 saturated carbocycles. The summed E-state index contributed by atoms with van der Waals surface area (Å²) in [6.45, 7) is 9.39. The molecule has 0 unspecified atom stereocenters.